The van der Waals surface area contributed by atoms with Gasteiger partial charge in [0.1, 0.15) is 10.6 Å². The maximum absolute atomic E-state index is 11.5. The van der Waals surface area contributed by atoms with Crippen molar-refractivity contribution in [3.05, 3.63) is 34.7 Å². The molecule has 5 heterocycles. The Hall–Kier alpha value is -2.42. The first-order valence-electron chi connectivity index (χ1n) is 12.0. The van der Waals surface area contributed by atoms with Gasteiger partial charge < -0.3 is 20.3 Å². The van der Waals surface area contributed by atoms with Crippen molar-refractivity contribution in [2.24, 2.45) is 11.7 Å². The second-order valence-corrected chi connectivity index (χ2v) is 10.9. The molecule has 2 bridgehead atoms. The smallest absolute Gasteiger partial charge is 0.228 e. The molecule has 34 heavy (non-hydrogen) atoms. The van der Waals surface area contributed by atoms with Crippen LogP contribution < -0.4 is 15.5 Å². The van der Waals surface area contributed by atoms with E-state index in [1.165, 1.54) is 0 Å². The number of nitrogens with two attached hydrogens (primary N) is 1. The van der Waals surface area contributed by atoms with Gasteiger partial charge in [0.15, 0.2) is 0 Å². The summed E-state index contributed by atoms with van der Waals surface area (Å²) in [5, 5.41) is 3.96. The molecule has 3 unspecified atom stereocenters. The van der Waals surface area contributed by atoms with Crippen molar-refractivity contribution in [2.75, 3.05) is 36.1 Å². The molecule has 3 atom stereocenters. The molecule has 3 fully saturated rings. The molecule has 0 saturated carbocycles. The van der Waals surface area contributed by atoms with E-state index in [-0.39, 0.29) is 11.8 Å². The number of hydrogen-bond donors (Lipinski definition) is 1. The van der Waals surface area contributed by atoms with Crippen LogP contribution in [0.4, 0.5) is 11.8 Å². The maximum Gasteiger partial charge on any atom is 0.228 e. The van der Waals surface area contributed by atoms with Crippen LogP contribution >= 0.6 is 22.9 Å². The molecule has 7 nitrogen and oxygen atoms in total. The highest BCUT2D eigenvalue weighted by Gasteiger charge is 2.40. The van der Waals surface area contributed by atoms with Gasteiger partial charge in [0.25, 0.3) is 0 Å². The summed E-state index contributed by atoms with van der Waals surface area (Å²) in [5.41, 5.74) is 7.59. The van der Waals surface area contributed by atoms with E-state index in [0.717, 1.165) is 90.1 Å². The molecule has 1 amide bonds. The third-order valence-electron chi connectivity index (χ3n) is 7.34. The number of carbonyl (C=O) groups is 1. The van der Waals surface area contributed by atoms with Gasteiger partial charge in [-0.15, -0.1) is 11.3 Å². The van der Waals surface area contributed by atoms with Crippen molar-refractivity contribution in [2.45, 2.75) is 44.2 Å². The van der Waals surface area contributed by atoms with Crippen LogP contribution in [-0.2, 0) is 9.53 Å². The normalized spacial score (nSPS) is 24.7. The molecule has 6 rings (SSSR count). The largest absolute Gasteiger partial charge is 0.377 e. The van der Waals surface area contributed by atoms with Crippen LogP contribution in [0.5, 0.6) is 0 Å². The minimum absolute atomic E-state index is 0.239. The summed E-state index contributed by atoms with van der Waals surface area (Å²) in [6.45, 7) is 3.10. The Bertz CT molecular complexity index is 1220. The molecule has 2 N–H and O–H groups in total. The standard InChI is InChI=1S/C25H28ClN5O2S/c26-20-6-2-1-5-18(20)19-14-34-24-22(19)23(31-16-7-8-17(31)13-33-12-16)28-25(29-24)30-9-3-4-15(11-30)10-21(27)32/h1-2,5-6,14-17H,3-4,7-13H2,(H2,27,32). The second kappa shape index (κ2) is 8.98. The lowest BCUT2D eigenvalue weighted by Gasteiger charge is -2.37. The summed E-state index contributed by atoms with van der Waals surface area (Å²) in [4.78, 5) is 27.5. The van der Waals surface area contributed by atoms with Crippen molar-refractivity contribution >= 4 is 50.8 Å². The molecule has 9 heteroatoms. The van der Waals surface area contributed by atoms with Crippen LogP contribution in [-0.4, -0.2) is 54.3 Å². The highest BCUT2D eigenvalue weighted by atomic mass is 35.5. The molecular weight excluding hydrogens is 470 g/mol. The Labute approximate surface area is 207 Å². The molecule has 2 aromatic heterocycles. The topological polar surface area (TPSA) is 84.6 Å². The number of hydrogen-bond acceptors (Lipinski definition) is 7. The van der Waals surface area contributed by atoms with E-state index in [2.05, 4.69) is 21.2 Å². The Kier molecular flexibility index (Phi) is 5.83. The van der Waals surface area contributed by atoms with Crippen LogP contribution in [0.1, 0.15) is 32.1 Å². The number of nitrogens with zero attached hydrogens (tertiary/aromatic N) is 4. The molecular formula is C25H28ClN5O2S. The highest BCUT2D eigenvalue weighted by Crippen LogP contribution is 2.45. The Balaban J connectivity index is 1.48. The van der Waals surface area contributed by atoms with E-state index in [9.17, 15) is 4.79 Å². The minimum Gasteiger partial charge on any atom is -0.377 e. The zero-order valence-corrected chi connectivity index (χ0v) is 20.5. The van der Waals surface area contributed by atoms with Crippen molar-refractivity contribution in [1.82, 2.24) is 9.97 Å². The molecule has 1 aromatic carbocycles. The molecule has 178 valence electrons. The van der Waals surface area contributed by atoms with Crippen LogP contribution in [0.15, 0.2) is 29.6 Å². The molecule has 3 aliphatic rings. The number of amides is 1. The first-order valence-corrected chi connectivity index (χ1v) is 13.3. The average Bonchev–Trinajstić information content (AvgIpc) is 3.36. The van der Waals surface area contributed by atoms with E-state index < -0.39 is 0 Å². The first-order chi connectivity index (χ1) is 16.6. The molecule has 3 aromatic rings. The van der Waals surface area contributed by atoms with Crippen molar-refractivity contribution in [1.29, 1.82) is 0 Å². The summed E-state index contributed by atoms with van der Waals surface area (Å²) < 4.78 is 5.88. The number of piperidine rings is 1. The van der Waals surface area contributed by atoms with E-state index in [0.29, 0.717) is 18.5 Å². The number of fused-ring (bicyclic) bond motifs is 3. The Morgan fingerprint density at radius 1 is 1.15 bits per heavy atom. The number of ether oxygens (including phenoxy) is 1. The van der Waals surface area contributed by atoms with E-state index >= 15 is 0 Å². The number of thiophene rings is 1. The lowest BCUT2D eigenvalue weighted by atomic mass is 9.95. The van der Waals surface area contributed by atoms with Crippen LogP contribution in [0.3, 0.4) is 0 Å². The summed E-state index contributed by atoms with van der Waals surface area (Å²) in [6.07, 6.45) is 4.66. The summed E-state index contributed by atoms with van der Waals surface area (Å²) in [6, 6.07) is 8.62. The van der Waals surface area contributed by atoms with Gasteiger partial charge in [-0.1, -0.05) is 29.8 Å². The van der Waals surface area contributed by atoms with Gasteiger partial charge >= 0.3 is 0 Å². The highest BCUT2D eigenvalue weighted by molar-refractivity contribution is 7.17. The number of carbonyl (C=O) groups excluding carboxylic acids is 1. The quantitative estimate of drug-likeness (QED) is 0.559. The summed E-state index contributed by atoms with van der Waals surface area (Å²) in [7, 11) is 0. The third kappa shape index (κ3) is 3.91. The van der Waals surface area contributed by atoms with Gasteiger partial charge in [0.2, 0.25) is 11.9 Å². The molecule has 3 aliphatic heterocycles. The van der Waals surface area contributed by atoms with Crippen molar-refractivity contribution in [3.63, 3.8) is 0 Å². The van der Waals surface area contributed by atoms with Gasteiger partial charge in [-0.25, -0.2) is 4.98 Å². The number of morpholine rings is 1. The number of aromatic nitrogens is 2. The van der Waals surface area contributed by atoms with Gasteiger partial charge in [0.05, 0.1) is 30.7 Å². The minimum atomic E-state index is -0.239. The first kappa shape index (κ1) is 22.1. The molecule has 0 spiro atoms. The average molecular weight is 498 g/mol. The second-order valence-electron chi connectivity index (χ2n) is 9.61. The zero-order chi connectivity index (χ0) is 23.2. The summed E-state index contributed by atoms with van der Waals surface area (Å²) in [5.74, 6) is 1.74. The Morgan fingerprint density at radius 3 is 2.71 bits per heavy atom. The van der Waals surface area contributed by atoms with E-state index in [1.807, 2.05) is 18.2 Å². The number of halogens is 1. The molecule has 0 radical (unpaired) electrons. The fourth-order valence-corrected chi connectivity index (χ4v) is 6.96. The number of rotatable bonds is 5. The lowest BCUT2D eigenvalue weighted by molar-refractivity contribution is -0.118. The maximum atomic E-state index is 11.5. The predicted octanol–water partition coefficient (Wildman–Crippen LogP) is 4.47. The fourth-order valence-electron chi connectivity index (χ4n) is 5.79. The Morgan fingerprint density at radius 2 is 1.94 bits per heavy atom. The van der Waals surface area contributed by atoms with Gasteiger partial charge in [-0.3, -0.25) is 4.79 Å². The monoisotopic (exact) mass is 497 g/mol. The number of benzene rings is 1. The van der Waals surface area contributed by atoms with Gasteiger partial charge in [0, 0.05) is 41.0 Å². The van der Waals surface area contributed by atoms with Crippen LogP contribution in [0.25, 0.3) is 21.3 Å². The van der Waals surface area contributed by atoms with Crippen molar-refractivity contribution < 1.29 is 9.53 Å². The van der Waals surface area contributed by atoms with E-state index in [4.69, 9.17) is 32.0 Å². The fraction of sp³-hybridized carbons (Fsp3) is 0.480. The lowest BCUT2D eigenvalue weighted by Crippen LogP contribution is -2.46. The van der Waals surface area contributed by atoms with Gasteiger partial charge in [-0.2, -0.15) is 4.98 Å². The predicted molar refractivity (Wildman–Crippen MR) is 137 cm³/mol. The third-order valence-corrected chi connectivity index (χ3v) is 8.55. The number of primary amides is 1. The molecule has 0 aliphatic carbocycles. The SMILES string of the molecule is NC(=O)CC1CCCN(c2nc(N3C4CCC3COC4)c3c(-c4ccccc4Cl)csc3n2)C1. The number of anilines is 2. The molecule has 3 saturated heterocycles. The van der Waals surface area contributed by atoms with Crippen LogP contribution in [0, 0.1) is 5.92 Å². The summed E-state index contributed by atoms with van der Waals surface area (Å²) >= 11 is 8.26. The van der Waals surface area contributed by atoms with Crippen LogP contribution in [0.2, 0.25) is 5.02 Å². The van der Waals surface area contributed by atoms with Gasteiger partial charge in [-0.05, 0) is 37.7 Å². The zero-order valence-electron chi connectivity index (χ0n) is 19.0. The van der Waals surface area contributed by atoms with E-state index in [1.54, 1.807) is 11.3 Å². The van der Waals surface area contributed by atoms with Crippen molar-refractivity contribution in [3.8, 4) is 11.1 Å².